The molecule has 3 heterocycles. The molecule has 2 saturated heterocycles. The zero-order valence-electron chi connectivity index (χ0n) is 16.2. The predicted octanol–water partition coefficient (Wildman–Crippen LogP) is 2.82. The Kier molecular flexibility index (Phi) is 6.78. The highest BCUT2D eigenvalue weighted by Crippen LogP contribution is 2.36. The molecule has 1 amide bonds. The lowest BCUT2D eigenvalue weighted by molar-refractivity contribution is -0.156. The maximum Gasteiger partial charge on any atom is 0.275 e. The molecule has 0 aliphatic carbocycles. The van der Waals surface area contributed by atoms with Gasteiger partial charge in [-0.15, -0.1) is 0 Å². The second-order valence-electron chi connectivity index (χ2n) is 7.56. The summed E-state index contributed by atoms with van der Waals surface area (Å²) in [4.78, 5) is 18.1. The van der Waals surface area contributed by atoms with Gasteiger partial charge >= 0.3 is 0 Å². The van der Waals surface area contributed by atoms with E-state index >= 15 is 0 Å². The normalized spacial score (nSPS) is 22.4. The molecule has 1 aromatic rings. The molecule has 2 fully saturated rings. The van der Waals surface area contributed by atoms with E-state index in [1.165, 1.54) is 18.3 Å². The fraction of sp³-hybridized carbons (Fsp3) is 0.700. The molecule has 1 atom stereocenters. The molecular weight excluding hydrogens is 351 g/mol. The van der Waals surface area contributed by atoms with E-state index in [2.05, 4.69) is 4.98 Å². The number of likely N-dealkylation sites (tertiary alicyclic amines) is 1. The smallest absolute Gasteiger partial charge is 0.275 e. The molecule has 150 valence electrons. The summed E-state index contributed by atoms with van der Waals surface area (Å²) in [5.41, 5.74) is -0.356. The molecule has 6 nitrogen and oxygen atoms in total. The van der Waals surface area contributed by atoms with E-state index in [1.54, 1.807) is 4.90 Å². The third-order valence-corrected chi connectivity index (χ3v) is 5.26. The summed E-state index contributed by atoms with van der Waals surface area (Å²) in [6.45, 7) is 6.95. The van der Waals surface area contributed by atoms with Gasteiger partial charge in [-0.25, -0.2) is 9.37 Å². The van der Waals surface area contributed by atoms with Gasteiger partial charge in [0.05, 0.1) is 31.0 Å². The van der Waals surface area contributed by atoms with Crippen molar-refractivity contribution in [2.45, 2.75) is 57.3 Å². The van der Waals surface area contributed by atoms with Gasteiger partial charge < -0.3 is 19.1 Å². The lowest BCUT2D eigenvalue weighted by atomic mass is 9.83. The maximum atomic E-state index is 13.8. The number of hydrogen-bond acceptors (Lipinski definition) is 5. The standard InChI is InChI=1S/C20H29FN2O4/c1-15(2)25-12-13-26-16-5-11-27-20(14-16)6-9-23(10-7-20)19(24)18-17(21)4-3-8-22-18/h3-4,8,15-16H,5-7,9-14H2,1-2H3. The minimum atomic E-state index is -0.575. The van der Waals surface area contributed by atoms with Crippen molar-refractivity contribution in [1.29, 1.82) is 0 Å². The fourth-order valence-corrected chi connectivity index (χ4v) is 3.78. The topological polar surface area (TPSA) is 60.9 Å². The number of carbonyl (C=O) groups excluding carboxylic acids is 1. The Labute approximate surface area is 160 Å². The van der Waals surface area contributed by atoms with E-state index in [1.807, 2.05) is 13.8 Å². The molecule has 1 aromatic heterocycles. The highest BCUT2D eigenvalue weighted by atomic mass is 19.1. The van der Waals surface area contributed by atoms with Crippen LogP contribution < -0.4 is 0 Å². The van der Waals surface area contributed by atoms with Crippen LogP contribution in [-0.2, 0) is 14.2 Å². The SMILES string of the molecule is CC(C)OCCOC1CCOC2(CCN(C(=O)c3ncccc3F)CC2)C1. The molecule has 0 radical (unpaired) electrons. The highest BCUT2D eigenvalue weighted by Gasteiger charge is 2.42. The molecule has 27 heavy (non-hydrogen) atoms. The summed E-state index contributed by atoms with van der Waals surface area (Å²) in [5, 5.41) is 0. The van der Waals surface area contributed by atoms with Gasteiger partial charge in [0.2, 0.25) is 0 Å². The summed E-state index contributed by atoms with van der Waals surface area (Å²) in [6, 6.07) is 2.75. The first kappa shape index (κ1) is 20.2. The Bertz CT molecular complexity index is 632. The average molecular weight is 380 g/mol. The van der Waals surface area contributed by atoms with Gasteiger partial charge in [0, 0.05) is 32.3 Å². The van der Waals surface area contributed by atoms with Crippen LogP contribution in [-0.4, -0.2) is 66.5 Å². The number of pyridine rings is 1. The van der Waals surface area contributed by atoms with Crippen LogP contribution >= 0.6 is 0 Å². The molecule has 7 heteroatoms. The number of rotatable bonds is 6. The van der Waals surface area contributed by atoms with Crippen LogP contribution in [0.2, 0.25) is 0 Å². The van der Waals surface area contributed by atoms with Crippen LogP contribution in [0.5, 0.6) is 0 Å². The van der Waals surface area contributed by atoms with Crippen LogP contribution in [0, 0.1) is 5.82 Å². The molecule has 2 aliphatic rings. The highest BCUT2D eigenvalue weighted by molar-refractivity contribution is 5.92. The Morgan fingerprint density at radius 3 is 2.89 bits per heavy atom. The average Bonchev–Trinajstić information content (AvgIpc) is 2.66. The Morgan fingerprint density at radius 1 is 1.41 bits per heavy atom. The van der Waals surface area contributed by atoms with E-state index in [9.17, 15) is 9.18 Å². The van der Waals surface area contributed by atoms with Crippen molar-refractivity contribution in [1.82, 2.24) is 9.88 Å². The number of aromatic nitrogens is 1. The monoisotopic (exact) mass is 380 g/mol. The summed E-state index contributed by atoms with van der Waals surface area (Å²) >= 11 is 0. The number of amides is 1. The third kappa shape index (κ3) is 5.24. The van der Waals surface area contributed by atoms with Crippen molar-refractivity contribution in [3.05, 3.63) is 29.8 Å². The minimum Gasteiger partial charge on any atom is -0.376 e. The molecule has 0 bridgehead atoms. The number of nitrogens with zero attached hydrogens (tertiary/aromatic N) is 2. The Hall–Kier alpha value is -1.57. The van der Waals surface area contributed by atoms with Gasteiger partial charge in [0.25, 0.3) is 5.91 Å². The summed E-state index contributed by atoms with van der Waals surface area (Å²) < 4.78 is 31.4. The maximum absolute atomic E-state index is 13.8. The van der Waals surface area contributed by atoms with Crippen LogP contribution in [0.3, 0.4) is 0 Å². The van der Waals surface area contributed by atoms with E-state index in [0.29, 0.717) is 32.9 Å². The van der Waals surface area contributed by atoms with Gasteiger partial charge in [-0.3, -0.25) is 4.79 Å². The van der Waals surface area contributed by atoms with E-state index in [0.717, 1.165) is 25.7 Å². The first-order valence-electron chi connectivity index (χ1n) is 9.76. The van der Waals surface area contributed by atoms with Crippen LogP contribution in [0.25, 0.3) is 0 Å². The van der Waals surface area contributed by atoms with Crippen LogP contribution in [0.15, 0.2) is 18.3 Å². The van der Waals surface area contributed by atoms with Gasteiger partial charge in [0.1, 0.15) is 0 Å². The van der Waals surface area contributed by atoms with Crippen LogP contribution in [0.4, 0.5) is 4.39 Å². The second kappa shape index (κ2) is 9.08. The van der Waals surface area contributed by atoms with E-state index in [-0.39, 0.29) is 29.4 Å². The lowest BCUT2D eigenvalue weighted by Crippen LogP contribution is -2.52. The molecule has 1 unspecified atom stereocenters. The Balaban J connectivity index is 1.50. The molecule has 3 rings (SSSR count). The number of piperidine rings is 1. The zero-order chi connectivity index (χ0) is 19.3. The predicted molar refractivity (Wildman–Crippen MR) is 98.1 cm³/mol. The first-order valence-corrected chi connectivity index (χ1v) is 9.76. The number of ether oxygens (including phenoxy) is 3. The molecule has 0 N–H and O–H groups in total. The second-order valence-corrected chi connectivity index (χ2v) is 7.56. The first-order chi connectivity index (χ1) is 13.0. The van der Waals surface area contributed by atoms with Gasteiger partial charge in [-0.05, 0) is 45.2 Å². The van der Waals surface area contributed by atoms with Gasteiger partial charge in [0.15, 0.2) is 11.5 Å². The van der Waals surface area contributed by atoms with Crippen molar-refractivity contribution in [3.63, 3.8) is 0 Å². The van der Waals surface area contributed by atoms with E-state index in [4.69, 9.17) is 14.2 Å². The summed E-state index contributed by atoms with van der Waals surface area (Å²) in [5.74, 6) is -0.925. The number of halogens is 1. The van der Waals surface area contributed by atoms with Crippen molar-refractivity contribution in [3.8, 4) is 0 Å². The van der Waals surface area contributed by atoms with Crippen molar-refractivity contribution >= 4 is 5.91 Å². The third-order valence-electron chi connectivity index (χ3n) is 5.26. The molecule has 0 saturated carbocycles. The van der Waals surface area contributed by atoms with Crippen molar-refractivity contribution in [2.24, 2.45) is 0 Å². The molecular formula is C20H29FN2O4. The van der Waals surface area contributed by atoms with Crippen LogP contribution in [0.1, 0.15) is 50.0 Å². The zero-order valence-corrected chi connectivity index (χ0v) is 16.2. The van der Waals surface area contributed by atoms with Crippen molar-refractivity contribution in [2.75, 3.05) is 32.9 Å². The van der Waals surface area contributed by atoms with Gasteiger partial charge in [-0.1, -0.05) is 0 Å². The fourth-order valence-electron chi connectivity index (χ4n) is 3.78. The molecule has 1 spiro atoms. The van der Waals surface area contributed by atoms with E-state index < -0.39 is 5.82 Å². The lowest BCUT2D eigenvalue weighted by Gasteiger charge is -2.46. The molecule has 0 aromatic carbocycles. The quantitative estimate of drug-likeness (QED) is 0.710. The summed E-state index contributed by atoms with van der Waals surface area (Å²) in [6.07, 6.45) is 4.98. The number of carbonyl (C=O) groups is 1. The van der Waals surface area contributed by atoms with Gasteiger partial charge in [-0.2, -0.15) is 0 Å². The Morgan fingerprint density at radius 2 is 2.19 bits per heavy atom. The summed E-state index contributed by atoms with van der Waals surface area (Å²) in [7, 11) is 0. The largest absolute Gasteiger partial charge is 0.376 e. The molecule has 2 aliphatic heterocycles. The minimum absolute atomic E-state index is 0.107. The van der Waals surface area contributed by atoms with Crippen molar-refractivity contribution < 1.29 is 23.4 Å². The number of hydrogen-bond donors (Lipinski definition) is 0.